The van der Waals surface area contributed by atoms with Gasteiger partial charge in [-0.25, -0.2) is 8.93 Å². The van der Waals surface area contributed by atoms with Crippen LogP contribution < -0.4 is 4.72 Å². The predicted octanol–water partition coefficient (Wildman–Crippen LogP) is 2.43. The Kier molecular flexibility index (Phi) is 6.30. The van der Waals surface area contributed by atoms with Crippen LogP contribution in [0.2, 0.25) is 0 Å². The van der Waals surface area contributed by atoms with Gasteiger partial charge in [-0.3, -0.25) is 4.98 Å². The van der Waals surface area contributed by atoms with Gasteiger partial charge in [-0.05, 0) is 66.4 Å². The monoisotopic (exact) mass is 297 g/mol. The molecule has 1 N–H and O–H groups in total. The van der Waals surface area contributed by atoms with Gasteiger partial charge >= 0.3 is 0 Å². The Hall–Kier alpha value is -0.780. The summed E-state index contributed by atoms with van der Waals surface area (Å²) in [5.74, 6) is 0. The standard InChI is InChI=1S/C15H27N3OS/c1-12-7-8-13(16-11-12)14(9-10-18(5)6)17-20(19)15(2,3)4/h7-8,11,14,17H,9-10H2,1-6H3/t14?,20-/m1/s1. The summed E-state index contributed by atoms with van der Waals surface area (Å²) in [6.45, 7) is 8.87. The van der Waals surface area contributed by atoms with Crippen molar-refractivity contribution >= 4 is 11.0 Å². The molecule has 1 aromatic heterocycles. The summed E-state index contributed by atoms with van der Waals surface area (Å²) in [4.78, 5) is 6.60. The van der Waals surface area contributed by atoms with E-state index in [1.54, 1.807) is 0 Å². The van der Waals surface area contributed by atoms with Crippen LogP contribution in [-0.4, -0.2) is 39.5 Å². The average Bonchev–Trinajstić information content (AvgIpc) is 2.34. The van der Waals surface area contributed by atoms with Crippen LogP contribution in [0.15, 0.2) is 18.3 Å². The molecule has 0 spiro atoms. The fourth-order valence-corrected chi connectivity index (χ4v) is 2.50. The van der Waals surface area contributed by atoms with Crippen LogP contribution in [0.5, 0.6) is 0 Å². The van der Waals surface area contributed by atoms with Crippen molar-refractivity contribution in [3.63, 3.8) is 0 Å². The van der Waals surface area contributed by atoms with Crippen molar-refractivity contribution in [3.05, 3.63) is 29.6 Å². The predicted molar refractivity (Wildman–Crippen MR) is 85.9 cm³/mol. The lowest BCUT2D eigenvalue weighted by Crippen LogP contribution is -2.37. The highest BCUT2D eigenvalue weighted by Gasteiger charge is 2.24. The fraction of sp³-hybridized carbons (Fsp3) is 0.667. The molecule has 1 heterocycles. The second kappa shape index (κ2) is 7.29. The van der Waals surface area contributed by atoms with Crippen LogP contribution in [0.1, 0.15) is 44.5 Å². The zero-order chi connectivity index (χ0) is 15.3. The van der Waals surface area contributed by atoms with Crippen LogP contribution in [0.25, 0.3) is 0 Å². The third-order valence-electron chi connectivity index (χ3n) is 2.96. The molecular weight excluding hydrogens is 270 g/mol. The van der Waals surface area contributed by atoms with Crippen molar-refractivity contribution in [3.8, 4) is 0 Å². The molecule has 5 heteroatoms. The Balaban J connectivity index is 2.85. The lowest BCUT2D eigenvalue weighted by atomic mass is 10.1. The van der Waals surface area contributed by atoms with Crippen molar-refractivity contribution in [2.45, 2.75) is 44.9 Å². The second-order valence-corrected chi connectivity index (χ2v) is 8.40. The Morgan fingerprint density at radius 3 is 2.45 bits per heavy atom. The van der Waals surface area contributed by atoms with Crippen molar-refractivity contribution in [2.75, 3.05) is 20.6 Å². The quantitative estimate of drug-likeness (QED) is 0.877. The number of rotatable bonds is 6. The van der Waals surface area contributed by atoms with Gasteiger partial charge in [0.1, 0.15) is 0 Å². The summed E-state index contributed by atoms with van der Waals surface area (Å²) in [5.41, 5.74) is 2.09. The highest BCUT2D eigenvalue weighted by molar-refractivity contribution is 7.84. The van der Waals surface area contributed by atoms with Crippen molar-refractivity contribution in [1.29, 1.82) is 0 Å². The number of aromatic nitrogens is 1. The molecule has 0 bridgehead atoms. The summed E-state index contributed by atoms with van der Waals surface area (Å²) < 4.78 is 15.3. The maximum absolute atomic E-state index is 12.3. The number of aryl methyl sites for hydroxylation is 1. The van der Waals surface area contributed by atoms with Gasteiger partial charge in [-0.15, -0.1) is 0 Å². The molecule has 1 aromatic rings. The molecule has 1 unspecified atom stereocenters. The van der Waals surface area contributed by atoms with Gasteiger partial charge in [-0.2, -0.15) is 0 Å². The molecule has 0 aliphatic heterocycles. The Morgan fingerprint density at radius 1 is 1.35 bits per heavy atom. The maximum Gasteiger partial charge on any atom is 0.0976 e. The van der Waals surface area contributed by atoms with Crippen LogP contribution in [0.4, 0.5) is 0 Å². The van der Waals surface area contributed by atoms with E-state index < -0.39 is 11.0 Å². The third-order valence-corrected chi connectivity index (χ3v) is 4.57. The lowest BCUT2D eigenvalue weighted by Gasteiger charge is -2.25. The highest BCUT2D eigenvalue weighted by atomic mass is 32.2. The first-order valence-corrected chi connectivity index (χ1v) is 8.10. The van der Waals surface area contributed by atoms with E-state index >= 15 is 0 Å². The van der Waals surface area contributed by atoms with Gasteiger partial charge in [-0.1, -0.05) is 6.07 Å². The summed E-state index contributed by atoms with van der Waals surface area (Å²) >= 11 is 0. The minimum Gasteiger partial charge on any atom is -0.309 e. The molecular formula is C15H27N3OS. The van der Waals surface area contributed by atoms with E-state index in [0.717, 1.165) is 24.2 Å². The summed E-state index contributed by atoms with van der Waals surface area (Å²) in [6.07, 6.45) is 2.74. The molecule has 0 amide bonds. The van der Waals surface area contributed by atoms with E-state index in [2.05, 4.69) is 14.6 Å². The molecule has 0 saturated heterocycles. The van der Waals surface area contributed by atoms with Gasteiger partial charge in [0.05, 0.1) is 27.5 Å². The summed E-state index contributed by atoms with van der Waals surface area (Å²) in [5, 5.41) is 0. The van der Waals surface area contributed by atoms with Crippen LogP contribution in [0.3, 0.4) is 0 Å². The summed E-state index contributed by atoms with van der Waals surface area (Å²) in [7, 11) is 2.99. The zero-order valence-electron chi connectivity index (χ0n) is 13.4. The molecule has 0 aliphatic rings. The van der Waals surface area contributed by atoms with Crippen molar-refractivity contribution in [2.24, 2.45) is 0 Å². The van der Waals surface area contributed by atoms with E-state index in [4.69, 9.17) is 0 Å². The molecule has 0 aromatic carbocycles. The molecule has 0 radical (unpaired) electrons. The zero-order valence-corrected chi connectivity index (χ0v) is 14.3. The maximum atomic E-state index is 12.3. The smallest absolute Gasteiger partial charge is 0.0976 e. The summed E-state index contributed by atoms with van der Waals surface area (Å²) in [6, 6.07) is 4.08. The average molecular weight is 297 g/mol. The minimum absolute atomic E-state index is 0.0121. The first-order valence-electron chi connectivity index (χ1n) is 6.95. The van der Waals surface area contributed by atoms with Gasteiger partial charge in [0.25, 0.3) is 0 Å². The van der Waals surface area contributed by atoms with E-state index in [1.807, 2.05) is 60.1 Å². The Labute approximate surface area is 125 Å². The van der Waals surface area contributed by atoms with E-state index in [9.17, 15) is 4.21 Å². The number of nitrogens with one attached hydrogen (secondary N) is 1. The SMILES string of the molecule is Cc1ccc(C(CCN(C)C)N[S@](=O)C(C)(C)C)nc1. The minimum atomic E-state index is -1.10. The fourth-order valence-electron chi connectivity index (χ4n) is 1.65. The largest absolute Gasteiger partial charge is 0.309 e. The molecule has 2 atom stereocenters. The van der Waals surface area contributed by atoms with Crippen molar-refractivity contribution in [1.82, 2.24) is 14.6 Å². The van der Waals surface area contributed by atoms with Crippen LogP contribution in [-0.2, 0) is 11.0 Å². The van der Waals surface area contributed by atoms with E-state index in [0.29, 0.717) is 0 Å². The Bertz CT molecular complexity index is 437. The number of pyridine rings is 1. The van der Waals surface area contributed by atoms with Gasteiger partial charge in [0.15, 0.2) is 0 Å². The van der Waals surface area contributed by atoms with Gasteiger partial charge in [0.2, 0.25) is 0 Å². The molecule has 114 valence electrons. The number of hydrogen-bond acceptors (Lipinski definition) is 3. The molecule has 20 heavy (non-hydrogen) atoms. The number of hydrogen-bond donors (Lipinski definition) is 1. The van der Waals surface area contributed by atoms with E-state index in [-0.39, 0.29) is 10.8 Å². The number of nitrogens with zero attached hydrogens (tertiary/aromatic N) is 2. The van der Waals surface area contributed by atoms with Gasteiger partial charge in [0, 0.05) is 6.20 Å². The first-order chi connectivity index (χ1) is 9.20. The highest BCUT2D eigenvalue weighted by Crippen LogP contribution is 2.19. The first kappa shape index (κ1) is 17.3. The van der Waals surface area contributed by atoms with Crippen molar-refractivity contribution < 1.29 is 4.21 Å². The van der Waals surface area contributed by atoms with Crippen LogP contribution >= 0.6 is 0 Å². The lowest BCUT2D eigenvalue weighted by molar-refractivity contribution is 0.374. The van der Waals surface area contributed by atoms with Gasteiger partial charge < -0.3 is 4.90 Å². The molecule has 4 nitrogen and oxygen atoms in total. The third kappa shape index (κ3) is 5.69. The van der Waals surface area contributed by atoms with E-state index in [1.165, 1.54) is 0 Å². The second-order valence-electron chi connectivity index (χ2n) is 6.40. The van der Waals surface area contributed by atoms with Crippen LogP contribution in [0, 0.1) is 6.92 Å². The normalized spacial score (nSPS) is 15.3. The Morgan fingerprint density at radius 2 is 2.00 bits per heavy atom. The molecule has 0 aliphatic carbocycles. The molecule has 1 rings (SSSR count). The molecule has 0 saturated carbocycles. The molecule has 0 fully saturated rings. The topological polar surface area (TPSA) is 45.2 Å².